The van der Waals surface area contributed by atoms with Crippen molar-refractivity contribution in [2.75, 3.05) is 13.3 Å². The van der Waals surface area contributed by atoms with Crippen LogP contribution in [0.5, 0.6) is 5.75 Å². The molecule has 0 spiro atoms. The first-order chi connectivity index (χ1) is 6.72. The molecule has 1 atom stereocenters. The fourth-order valence-electron chi connectivity index (χ4n) is 0.987. The van der Waals surface area contributed by atoms with Crippen LogP contribution in [0.2, 0.25) is 0 Å². The second kappa shape index (κ2) is 5.61. The molecule has 76 valence electrons. The van der Waals surface area contributed by atoms with Crippen molar-refractivity contribution in [3.63, 3.8) is 0 Å². The highest BCUT2D eigenvalue weighted by Crippen LogP contribution is 2.11. The number of carbonyl (C=O) groups excluding carboxylic acids is 1. The fourth-order valence-corrected chi connectivity index (χ4v) is 1.49. The Bertz CT molecular complexity index is 297. The van der Waals surface area contributed by atoms with Crippen LogP contribution in [0.25, 0.3) is 0 Å². The van der Waals surface area contributed by atoms with E-state index in [9.17, 15) is 4.79 Å². The highest BCUT2D eigenvalue weighted by atomic mass is 31.1. The maximum absolute atomic E-state index is 10.4. The summed E-state index contributed by atoms with van der Waals surface area (Å²) in [6.45, 7) is 2.48. The molecule has 0 aromatic heterocycles. The molecule has 0 heterocycles. The van der Waals surface area contributed by atoms with E-state index in [2.05, 4.69) is 6.66 Å². The third-order valence-corrected chi connectivity index (χ3v) is 2.67. The molecule has 1 aromatic rings. The summed E-state index contributed by atoms with van der Waals surface area (Å²) in [6.07, 6.45) is 0.261. The Kier molecular flexibility index (Phi) is 4.41. The summed E-state index contributed by atoms with van der Waals surface area (Å²) in [6, 6.07) is 7.87. The van der Waals surface area contributed by atoms with Gasteiger partial charge >= 0.3 is 0 Å². The van der Waals surface area contributed by atoms with Crippen molar-refractivity contribution >= 4 is 19.8 Å². The number of ether oxygens (including phenoxy) is 1. The lowest BCUT2D eigenvalue weighted by Crippen LogP contribution is -2.14. The lowest BCUT2D eigenvalue weighted by molar-refractivity contribution is -0.118. The topological polar surface area (TPSA) is 52.3 Å². The van der Waals surface area contributed by atoms with Gasteiger partial charge in [-0.05, 0) is 24.1 Å². The normalized spacial score (nSPS) is 10.6. The van der Waals surface area contributed by atoms with Crippen LogP contribution in [0, 0.1) is 0 Å². The number of primary amides is 1. The quantitative estimate of drug-likeness (QED) is 0.735. The average Bonchev–Trinajstić information content (AvgIpc) is 2.18. The molecule has 14 heavy (non-hydrogen) atoms. The van der Waals surface area contributed by atoms with Gasteiger partial charge in [0.05, 0.1) is 13.0 Å². The second-order valence-corrected chi connectivity index (χ2v) is 3.92. The number of hydrogen-bond acceptors (Lipinski definition) is 2. The molecule has 0 aliphatic carbocycles. The predicted octanol–water partition coefficient (Wildman–Crippen LogP) is 0.874. The molecule has 0 aliphatic rings. The van der Waals surface area contributed by atoms with Crippen LogP contribution in [0.15, 0.2) is 24.3 Å². The lowest BCUT2D eigenvalue weighted by Gasteiger charge is -2.04. The molecule has 1 rings (SSSR count). The van der Waals surface area contributed by atoms with Gasteiger partial charge in [0.2, 0.25) is 5.91 Å². The molecule has 2 N–H and O–H groups in total. The van der Waals surface area contributed by atoms with Crippen LogP contribution in [-0.2, 0) is 4.79 Å². The first-order valence-corrected chi connectivity index (χ1v) is 5.91. The average molecular weight is 211 g/mol. The maximum atomic E-state index is 10.4. The summed E-state index contributed by atoms with van der Waals surface area (Å²) in [7, 11) is 0.795. The number of benzene rings is 1. The third-order valence-electron chi connectivity index (χ3n) is 1.76. The van der Waals surface area contributed by atoms with E-state index in [1.165, 1.54) is 5.30 Å². The second-order valence-electron chi connectivity index (χ2n) is 2.84. The van der Waals surface area contributed by atoms with Crippen LogP contribution in [0.1, 0.15) is 6.42 Å². The minimum atomic E-state index is -0.336. The van der Waals surface area contributed by atoms with Crippen molar-refractivity contribution in [2.24, 2.45) is 5.73 Å². The van der Waals surface area contributed by atoms with E-state index in [0.717, 1.165) is 14.3 Å². The number of carbonyl (C=O) groups is 1. The summed E-state index contributed by atoms with van der Waals surface area (Å²) in [5.74, 6) is 0.449. The van der Waals surface area contributed by atoms with Gasteiger partial charge in [-0.25, -0.2) is 0 Å². The van der Waals surface area contributed by atoms with Crippen molar-refractivity contribution in [2.45, 2.75) is 6.42 Å². The summed E-state index contributed by atoms with van der Waals surface area (Å²) < 4.78 is 5.32. The van der Waals surface area contributed by atoms with E-state index in [1.54, 1.807) is 0 Å². The molecule has 0 radical (unpaired) electrons. The maximum Gasteiger partial charge on any atom is 0.220 e. The zero-order valence-corrected chi connectivity index (χ0v) is 9.12. The third kappa shape index (κ3) is 3.75. The van der Waals surface area contributed by atoms with Crippen LogP contribution in [0.3, 0.4) is 0 Å². The number of nitrogens with two attached hydrogens (primary N) is 1. The Morgan fingerprint density at radius 1 is 1.43 bits per heavy atom. The smallest absolute Gasteiger partial charge is 0.220 e. The summed E-state index contributed by atoms with van der Waals surface area (Å²) in [4.78, 5) is 10.4. The van der Waals surface area contributed by atoms with Crippen molar-refractivity contribution in [3.05, 3.63) is 24.3 Å². The minimum absolute atomic E-state index is 0.261. The highest BCUT2D eigenvalue weighted by Gasteiger charge is 1.96. The van der Waals surface area contributed by atoms with Gasteiger partial charge in [-0.1, -0.05) is 20.7 Å². The molecule has 0 fully saturated rings. The van der Waals surface area contributed by atoms with Crippen LogP contribution < -0.4 is 15.8 Å². The molecule has 4 heteroatoms. The zero-order chi connectivity index (χ0) is 10.4. The van der Waals surface area contributed by atoms with Gasteiger partial charge in [0.15, 0.2) is 0 Å². The SMILES string of the molecule is CPc1ccc(OCCC(N)=O)cc1. The molecule has 0 bridgehead atoms. The Morgan fingerprint density at radius 3 is 2.57 bits per heavy atom. The molecule has 1 aromatic carbocycles. The summed E-state index contributed by atoms with van der Waals surface area (Å²) in [5.41, 5.74) is 4.98. The van der Waals surface area contributed by atoms with E-state index in [4.69, 9.17) is 10.5 Å². The largest absolute Gasteiger partial charge is 0.493 e. The van der Waals surface area contributed by atoms with Crippen molar-refractivity contribution < 1.29 is 9.53 Å². The van der Waals surface area contributed by atoms with Gasteiger partial charge < -0.3 is 10.5 Å². The summed E-state index contributed by atoms with van der Waals surface area (Å²) in [5, 5.41) is 1.30. The Labute approximate surface area is 85.4 Å². The van der Waals surface area contributed by atoms with Gasteiger partial charge in [-0.15, -0.1) is 0 Å². The van der Waals surface area contributed by atoms with Crippen LogP contribution in [-0.4, -0.2) is 19.2 Å². The molecular formula is C10H14NO2P. The first kappa shape index (κ1) is 11.0. The zero-order valence-electron chi connectivity index (χ0n) is 8.12. The number of amides is 1. The van der Waals surface area contributed by atoms with Crippen molar-refractivity contribution in [3.8, 4) is 5.75 Å². The molecule has 0 saturated carbocycles. The van der Waals surface area contributed by atoms with Gasteiger partial charge in [0.1, 0.15) is 5.75 Å². The van der Waals surface area contributed by atoms with Crippen molar-refractivity contribution in [1.29, 1.82) is 0 Å². The standard InChI is InChI=1S/C10H14NO2P/c1-14-9-4-2-8(3-5-9)13-7-6-10(11)12/h2-5,14H,6-7H2,1H3,(H2,11,12). The lowest BCUT2D eigenvalue weighted by atomic mass is 10.3. The Hall–Kier alpha value is -1.08. The molecule has 1 unspecified atom stereocenters. The predicted molar refractivity (Wildman–Crippen MR) is 59.6 cm³/mol. The number of hydrogen-bond donors (Lipinski definition) is 1. The van der Waals surface area contributed by atoms with Crippen LogP contribution in [0.4, 0.5) is 0 Å². The minimum Gasteiger partial charge on any atom is -0.493 e. The van der Waals surface area contributed by atoms with E-state index in [0.29, 0.717) is 6.61 Å². The first-order valence-electron chi connectivity index (χ1n) is 4.41. The molecule has 3 nitrogen and oxygen atoms in total. The molecule has 0 saturated heterocycles. The Balaban J connectivity index is 2.40. The van der Waals surface area contributed by atoms with E-state index in [-0.39, 0.29) is 12.3 Å². The van der Waals surface area contributed by atoms with E-state index >= 15 is 0 Å². The Morgan fingerprint density at radius 2 is 2.07 bits per heavy atom. The summed E-state index contributed by atoms with van der Waals surface area (Å²) >= 11 is 0. The van der Waals surface area contributed by atoms with Gasteiger partial charge in [-0.2, -0.15) is 0 Å². The van der Waals surface area contributed by atoms with Crippen molar-refractivity contribution in [1.82, 2.24) is 0 Å². The molecule has 0 aliphatic heterocycles. The van der Waals surface area contributed by atoms with Crippen LogP contribution >= 0.6 is 8.58 Å². The van der Waals surface area contributed by atoms with E-state index in [1.807, 2.05) is 24.3 Å². The van der Waals surface area contributed by atoms with E-state index < -0.39 is 0 Å². The van der Waals surface area contributed by atoms with Gasteiger partial charge in [-0.3, -0.25) is 4.79 Å². The van der Waals surface area contributed by atoms with Gasteiger partial charge in [0.25, 0.3) is 0 Å². The van der Waals surface area contributed by atoms with Gasteiger partial charge in [0, 0.05) is 0 Å². The monoisotopic (exact) mass is 211 g/mol. The molecular weight excluding hydrogens is 197 g/mol. The number of rotatable bonds is 5. The highest BCUT2D eigenvalue weighted by molar-refractivity contribution is 7.46. The molecule has 1 amide bonds. The fraction of sp³-hybridized carbons (Fsp3) is 0.300.